The highest BCUT2D eigenvalue weighted by atomic mass is 32.3. The fourth-order valence-corrected chi connectivity index (χ4v) is 6.83. The Hall–Kier alpha value is -4.83. The van der Waals surface area contributed by atoms with Crippen LogP contribution in [0, 0.1) is 0 Å². The molecule has 0 amide bonds. The fraction of sp³-hybridized carbons (Fsp3) is 0.240. The number of methoxy groups -OCH3 is 2. The van der Waals surface area contributed by atoms with Gasteiger partial charge in [-0.05, 0) is 42.5 Å². The van der Waals surface area contributed by atoms with Gasteiger partial charge in [0.25, 0.3) is 0 Å². The van der Waals surface area contributed by atoms with Crippen LogP contribution in [0.1, 0.15) is 10.4 Å². The average molecular weight is 799 g/mol. The molecule has 0 aromatic heterocycles. The lowest BCUT2D eigenvalue weighted by Gasteiger charge is -2.10. The normalized spacial score (nSPS) is 12.8. The van der Waals surface area contributed by atoms with Gasteiger partial charge in [0, 0.05) is 0 Å². The summed E-state index contributed by atoms with van der Waals surface area (Å²) >= 11 is 0. The molecule has 0 aliphatic carbocycles. The van der Waals surface area contributed by atoms with Crippen LogP contribution in [0.3, 0.4) is 0 Å². The number of sulfone groups is 2. The van der Waals surface area contributed by atoms with Gasteiger partial charge in [0.15, 0.2) is 31.1 Å². The summed E-state index contributed by atoms with van der Waals surface area (Å²) in [6.45, 7) is -1.88. The summed E-state index contributed by atoms with van der Waals surface area (Å²) in [6, 6.07) is 6.84. The number of aromatic hydroxyl groups is 2. The van der Waals surface area contributed by atoms with Crippen molar-refractivity contribution in [3.05, 3.63) is 48.0 Å². The maximum atomic E-state index is 12.7. The Morgan fingerprint density at radius 1 is 0.647 bits per heavy atom. The second kappa shape index (κ2) is 16.0. The van der Waals surface area contributed by atoms with Crippen molar-refractivity contribution in [2.45, 2.75) is 9.79 Å². The predicted molar refractivity (Wildman–Crippen MR) is 170 cm³/mol. The van der Waals surface area contributed by atoms with E-state index in [0.717, 1.165) is 36.4 Å². The Balaban J connectivity index is 2.06. The van der Waals surface area contributed by atoms with E-state index in [1.165, 1.54) is 14.2 Å². The third kappa shape index (κ3) is 11.1. The van der Waals surface area contributed by atoms with Gasteiger partial charge >= 0.3 is 26.8 Å². The van der Waals surface area contributed by atoms with E-state index in [2.05, 4.69) is 28.8 Å². The number of ether oxygens (including phenoxy) is 2. The fourth-order valence-electron chi connectivity index (χ4n) is 3.82. The van der Waals surface area contributed by atoms with Gasteiger partial charge in [0.05, 0.1) is 54.3 Å². The van der Waals surface area contributed by atoms with Crippen LogP contribution in [0.25, 0.3) is 0 Å². The highest BCUT2D eigenvalue weighted by molar-refractivity contribution is 7.91. The lowest BCUT2D eigenvalue weighted by molar-refractivity contribution is 0.0696. The molecule has 26 heteroatoms. The molecule has 0 aliphatic heterocycles. The summed E-state index contributed by atoms with van der Waals surface area (Å²) < 4.78 is 129. The lowest BCUT2D eigenvalue weighted by atomic mass is 10.1. The number of rotatable bonds is 17. The first-order chi connectivity index (χ1) is 23.6. The lowest BCUT2D eigenvalue weighted by Crippen LogP contribution is -2.15. The molecule has 0 saturated carbocycles. The largest absolute Gasteiger partial charge is 0.505 e. The minimum absolute atomic E-state index is 0.0839. The highest BCUT2D eigenvalue weighted by Crippen LogP contribution is 2.47. The molecule has 0 spiro atoms. The van der Waals surface area contributed by atoms with Crippen molar-refractivity contribution in [1.82, 2.24) is 0 Å². The molecule has 3 rings (SSSR count). The van der Waals surface area contributed by atoms with Crippen LogP contribution in [0.5, 0.6) is 23.0 Å². The van der Waals surface area contributed by atoms with Crippen molar-refractivity contribution in [2.75, 3.05) is 38.9 Å². The van der Waals surface area contributed by atoms with Gasteiger partial charge in [0.2, 0.25) is 0 Å². The maximum Gasteiger partial charge on any atom is 0.397 e. The number of aromatic carboxylic acids is 1. The molecule has 0 aliphatic rings. The Bertz CT molecular complexity index is 2330. The monoisotopic (exact) mass is 798 g/mol. The molecule has 278 valence electrons. The Kier molecular flexibility index (Phi) is 12.8. The van der Waals surface area contributed by atoms with Crippen LogP contribution in [-0.4, -0.2) is 103 Å². The van der Waals surface area contributed by atoms with E-state index in [0.29, 0.717) is 6.07 Å². The average Bonchev–Trinajstić information content (AvgIpc) is 3.02. The molecule has 5 N–H and O–H groups in total. The summed E-state index contributed by atoms with van der Waals surface area (Å²) in [6.07, 6.45) is 0. The zero-order valence-corrected chi connectivity index (χ0v) is 29.1. The van der Waals surface area contributed by atoms with Crippen LogP contribution in [-0.2, 0) is 48.8 Å². The third-order valence-corrected chi connectivity index (χ3v) is 10.4. The zero-order chi connectivity index (χ0) is 38.4. The minimum Gasteiger partial charge on any atom is -0.505 e. The predicted octanol–water partition coefficient (Wildman–Crippen LogP) is 2.83. The summed E-state index contributed by atoms with van der Waals surface area (Å²) in [5.41, 5.74) is -3.11. The summed E-state index contributed by atoms with van der Waals surface area (Å²) in [5.74, 6) is -5.78. The van der Waals surface area contributed by atoms with E-state index in [4.69, 9.17) is 18.6 Å². The molecule has 0 fully saturated rings. The number of carboxylic acids is 1. The van der Waals surface area contributed by atoms with Gasteiger partial charge < -0.3 is 24.8 Å². The van der Waals surface area contributed by atoms with Gasteiger partial charge in [-0.3, -0.25) is 9.11 Å². The van der Waals surface area contributed by atoms with E-state index >= 15 is 0 Å². The first kappa shape index (κ1) is 40.6. The molecule has 0 unspecified atom stereocenters. The number of hydrogen-bond donors (Lipinski definition) is 5. The molecule has 0 radical (unpaired) electrons. The number of phenolic OH excluding ortho intramolecular Hbond substituents is 2. The van der Waals surface area contributed by atoms with Crippen LogP contribution in [0.2, 0.25) is 0 Å². The number of hydrogen-bond acceptors (Lipinski definition) is 19. The molecule has 3 aromatic carbocycles. The van der Waals surface area contributed by atoms with Crippen molar-refractivity contribution in [3.8, 4) is 23.0 Å². The molecule has 3 aromatic rings. The Morgan fingerprint density at radius 2 is 1.06 bits per heavy atom. The van der Waals surface area contributed by atoms with Crippen LogP contribution in [0.15, 0.2) is 72.7 Å². The van der Waals surface area contributed by atoms with Crippen molar-refractivity contribution in [2.24, 2.45) is 20.5 Å². The van der Waals surface area contributed by atoms with Gasteiger partial charge in [0.1, 0.15) is 34.3 Å². The second-order valence-corrected chi connectivity index (χ2v) is 15.9. The molecular formula is C25H26N4O18S4. The Labute approximate surface area is 289 Å². The van der Waals surface area contributed by atoms with E-state index < -0.39 is 109 Å². The number of azo groups is 2. The van der Waals surface area contributed by atoms with Crippen molar-refractivity contribution >= 4 is 69.2 Å². The molecule has 0 saturated heterocycles. The highest BCUT2D eigenvalue weighted by Gasteiger charge is 2.24. The zero-order valence-electron chi connectivity index (χ0n) is 25.8. The first-order valence-electron chi connectivity index (χ1n) is 13.3. The smallest absolute Gasteiger partial charge is 0.397 e. The summed E-state index contributed by atoms with van der Waals surface area (Å²) in [7, 11) is -16.0. The minimum atomic E-state index is -4.93. The van der Waals surface area contributed by atoms with Crippen LogP contribution >= 0.6 is 0 Å². The van der Waals surface area contributed by atoms with Crippen LogP contribution in [0.4, 0.5) is 22.7 Å². The number of carboxylic acid groups (broad SMARTS) is 1. The maximum absolute atomic E-state index is 12.7. The topological polar surface area (TPSA) is 341 Å². The molecular weight excluding hydrogens is 773 g/mol. The number of carbonyl (C=O) groups is 1. The van der Waals surface area contributed by atoms with Gasteiger partial charge in [-0.2, -0.15) is 16.8 Å². The van der Waals surface area contributed by atoms with Crippen molar-refractivity contribution in [1.29, 1.82) is 0 Å². The van der Waals surface area contributed by atoms with Crippen LogP contribution < -0.4 is 9.47 Å². The number of nitrogens with zero attached hydrogens (tertiary/aromatic N) is 4. The van der Waals surface area contributed by atoms with Gasteiger partial charge in [-0.15, -0.1) is 20.5 Å². The second-order valence-electron chi connectivity index (χ2n) is 9.50. The van der Waals surface area contributed by atoms with Gasteiger partial charge in [-0.1, -0.05) is 0 Å². The van der Waals surface area contributed by atoms with E-state index in [9.17, 15) is 53.8 Å². The molecule has 0 heterocycles. The Morgan fingerprint density at radius 3 is 1.43 bits per heavy atom. The summed E-state index contributed by atoms with van der Waals surface area (Å²) in [4.78, 5) is 11.1. The number of phenols is 2. The number of benzene rings is 3. The molecule has 0 bridgehead atoms. The quantitative estimate of drug-likeness (QED) is 0.0967. The van der Waals surface area contributed by atoms with E-state index in [1.54, 1.807) is 0 Å². The molecule has 51 heavy (non-hydrogen) atoms. The van der Waals surface area contributed by atoms with Crippen molar-refractivity contribution < 1.29 is 80.7 Å². The van der Waals surface area contributed by atoms with Gasteiger partial charge in [-0.25, -0.2) is 30.0 Å². The third-order valence-electron chi connectivity index (χ3n) is 6.16. The molecule has 0 atom stereocenters. The first-order valence-corrected chi connectivity index (χ1v) is 19.3. The SMILES string of the molecule is COc1ccc(S(=O)(=O)CCOS(=O)(=O)O)cc1N=Nc1c(O)cc(C(=O)O)c(N=Nc2cc(S(=O)(=O)CCOS(=O)(=O)O)ccc2OC)c1O. The summed E-state index contributed by atoms with van der Waals surface area (Å²) in [5, 5.41) is 46.1. The van der Waals surface area contributed by atoms with Crippen molar-refractivity contribution in [3.63, 3.8) is 0 Å². The molecule has 22 nitrogen and oxygen atoms in total. The van der Waals surface area contributed by atoms with E-state index in [-0.39, 0.29) is 22.9 Å². The van der Waals surface area contributed by atoms with E-state index in [1.807, 2.05) is 0 Å². The standard InChI is InChI=1S/C25H26N4O18S4/c1-44-20-5-3-14(48(34,35)9-7-46-50(38,39)40)11-17(20)26-28-22-16(25(32)33)13-19(30)23(24(22)31)29-27-18-12-15(4-6-21(18)45-2)49(36,37)10-8-47-51(41,42)43/h3-6,11-13,30-31H,7-10H2,1-2H3,(H,32,33)(H,38,39,40)(H,41,42,43).